The molecule has 0 aliphatic rings. The Hall–Kier alpha value is -1.70. The van der Waals surface area contributed by atoms with Gasteiger partial charge in [-0.25, -0.2) is 17.2 Å². The van der Waals surface area contributed by atoms with Crippen LogP contribution in [0.1, 0.15) is 17.3 Å². The predicted octanol–water partition coefficient (Wildman–Crippen LogP) is 0.712. The van der Waals surface area contributed by atoms with Crippen molar-refractivity contribution in [3.8, 4) is 0 Å². The third-order valence-corrected chi connectivity index (χ3v) is 4.18. The van der Waals surface area contributed by atoms with Crippen molar-refractivity contribution in [2.24, 2.45) is 0 Å². The molecular formula is C11H14F2N2O3S. The molecule has 19 heavy (non-hydrogen) atoms. The second-order valence-corrected chi connectivity index (χ2v) is 6.32. The number of benzene rings is 1. The second-order valence-electron chi connectivity index (χ2n) is 3.85. The number of anilines is 1. The smallest absolute Gasteiger partial charge is 0.253 e. The molecular weight excluding hydrogens is 278 g/mol. The Balaban J connectivity index is 2.72. The number of sulfone groups is 1. The molecule has 5 nitrogen and oxygen atoms in total. The molecule has 0 aliphatic heterocycles. The van der Waals surface area contributed by atoms with Gasteiger partial charge in [-0.3, -0.25) is 4.79 Å². The van der Waals surface area contributed by atoms with Crippen LogP contribution < -0.4 is 11.1 Å². The first-order chi connectivity index (χ1) is 8.76. The van der Waals surface area contributed by atoms with E-state index in [0.29, 0.717) is 12.1 Å². The van der Waals surface area contributed by atoms with Gasteiger partial charge in [0, 0.05) is 24.1 Å². The monoisotopic (exact) mass is 292 g/mol. The largest absolute Gasteiger partial charge is 0.398 e. The minimum absolute atomic E-state index is 0.0316. The van der Waals surface area contributed by atoms with Crippen LogP contribution >= 0.6 is 0 Å². The zero-order valence-corrected chi connectivity index (χ0v) is 11.1. The number of rotatable bonds is 5. The van der Waals surface area contributed by atoms with Crippen LogP contribution in [0.5, 0.6) is 0 Å². The van der Waals surface area contributed by atoms with E-state index in [0.717, 1.165) is 0 Å². The summed E-state index contributed by atoms with van der Waals surface area (Å²) in [5.74, 6) is -3.35. The molecule has 1 rings (SSSR count). The minimum atomic E-state index is -3.20. The molecule has 0 heterocycles. The highest BCUT2D eigenvalue weighted by Crippen LogP contribution is 2.16. The molecule has 0 unspecified atom stereocenters. The summed E-state index contributed by atoms with van der Waals surface area (Å²) in [5.41, 5.74) is 4.95. The maximum Gasteiger partial charge on any atom is 0.253 e. The van der Waals surface area contributed by atoms with Crippen molar-refractivity contribution in [2.45, 2.75) is 6.92 Å². The van der Waals surface area contributed by atoms with E-state index in [1.54, 1.807) is 0 Å². The highest BCUT2D eigenvalue weighted by Gasteiger charge is 2.15. The number of hydrogen-bond acceptors (Lipinski definition) is 4. The number of nitrogens with one attached hydrogen (secondary N) is 1. The van der Waals surface area contributed by atoms with Gasteiger partial charge in [-0.15, -0.1) is 0 Å². The number of carbonyl (C=O) groups is 1. The molecule has 0 fully saturated rings. The van der Waals surface area contributed by atoms with Gasteiger partial charge in [0.1, 0.15) is 0 Å². The normalized spacial score (nSPS) is 11.3. The number of amides is 1. The highest BCUT2D eigenvalue weighted by molar-refractivity contribution is 7.91. The molecule has 0 saturated heterocycles. The maximum absolute atomic E-state index is 13.0. The van der Waals surface area contributed by atoms with E-state index in [9.17, 15) is 22.0 Å². The summed E-state index contributed by atoms with van der Waals surface area (Å²) in [4.78, 5) is 11.6. The van der Waals surface area contributed by atoms with Crippen molar-refractivity contribution >= 4 is 21.4 Å². The average Bonchev–Trinajstić information content (AvgIpc) is 2.33. The molecule has 0 saturated carbocycles. The van der Waals surface area contributed by atoms with E-state index >= 15 is 0 Å². The van der Waals surface area contributed by atoms with Crippen molar-refractivity contribution in [3.63, 3.8) is 0 Å². The average molecular weight is 292 g/mol. The molecule has 1 amide bonds. The van der Waals surface area contributed by atoms with Gasteiger partial charge in [-0.2, -0.15) is 0 Å². The molecule has 8 heteroatoms. The first-order valence-electron chi connectivity index (χ1n) is 5.50. The number of hydrogen-bond donors (Lipinski definition) is 2. The van der Waals surface area contributed by atoms with Crippen LogP contribution in [-0.2, 0) is 9.84 Å². The fourth-order valence-corrected chi connectivity index (χ4v) is 2.02. The standard InChI is InChI=1S/C11H14F2N2O3S/c1-2-19(17,18)4-3-15-11(16)7-5-8(12)9(13)6-10(7)14/h5-6H,2-4,14H2,1H3,(H,15,16). The minimum Gasteiger partial charge on any atom is -0.398 e. The fourth-order valence-electron chi connectivity index (χ4n) is 1.32. The van der Waals surface area contributed by atoms with E-state index < -0.39 is 27.4 Å². The van der Waals surface area contributed by atoms with Gasteiger partial charge in [0.2, 0.25) is 0 Å². The summed E-state index contributed by atoms with van der Waals surface area (Å²) in [6.45, 7) is 1.37. The van der Waals surface area contributed by atoms with E-state index in [-0.39, 0.29) is 29.3 Å². The van der Waals surface area contributed by atoms with Crippen molar-refractivity contribution in [3.05, 3.63) is 29.3 Å². The van der Waals surface area contributed by atoms with Gasteiger partial charge in [0.15, 0.2) is 21.5 Å². The molecule has 0 spiro atoms. The Morgan fingerprint density at radius 1 is 1.32 bits per heavy atom. The maximum atomic E-state index is 13.0. The van der Waals surface area contributed by atoms with Gasteiger partial charge in [0.25, 0.3) is 5.91 Å². The summed E-state index contributed by atoms with van der Waals surface area (Å²) in [7, 11) is -3.20. The van der Waals surface area contributed by atoms with Crippen LogP contribution in [0.4, 0.5) is 14.5 Å². The van der Waals surface area contributed by atoms with E-state index in [1.165, 1.54) is 6.92 Å². The SMILES string of the molecule is CCS(=O)(=O)CCNC(=O)c1cc(F)c(F)cc1N. The lowest BCUT2D eigenvalue weighted by atomic mass is 10.1. The van der Waals surface area contributed by atoms with Crippen LogP contribution in [0.2, 0.25) is 0 Å². The van der Waals surface area contributed by atoms with Crippen molar-refractivity contribution in [1.29, 1.82) is 0 Å². The zero-order chi connectivity index (χ0) is 14.6. The Morgan fingerprint density at radius 2 is 1.89 bits per heavy atom. The number of halogens is 2. The topological polar surface area (TPSA) is 89.3 Å². The van der Waals surface area contributed by atoms with Gasteiger partial charge in [0.05, 0.1) is 11.3 Å². The molecule has 1 aromatic rings. The predicted molar refractivity (Wildman–Crippen MR) is 67.4 cm³/mol. The molecule has 0 aliphatic carbocycles. The van der Waals surface area contributed by atoms with Gasteiger partial charge < -0.3 is 11.1 Å². The second kappa shape index (κ2) is 5.96. The lowest BCUT2D eigenvalue weighted by molar-refractivity contribution is 0.0956. The molecule has 0 atom stereocenters. The van der Waals surface area contributed by atoms with Crippen LogP contribution in [0.3, 0.4) is 0 Å². The van der Waals surface area contributed by atoms with Crippen LogP contribution in [0.25, 0.3) is 0 Å². The molecule has 1 aromatic carbocycles. The fraction of sp³-hybridized carbons (Fsp3) is 0.364. The van der Waals surface area contributed by atoms with Gasteiger partial charge in [-0.05, 0) is 6.07 Å². The highest BCUT2D eigenvalue weighted by atomic mass is 32.2. The van der Waals surface area contributed by atoms with E-state index in [4.69, 9.17) is 5.73 Å². The third kappa shape index (κ3) is 4.16. The van der Waals surface area contributed by atoms with Crippen molar-refractivity contribution in [1.82, 2.24) is 5.32 Å². The first-order valence-corrected chi connectivity index (χ1v) is 7.32. The molecule has 3 N–H and O–H groups in total. The van der Waals surface area contributed by atoms with Crippen LogP contribution in [0.15, 0.2) is 12.1 Å². The van der Waals surface area contributed by atoms with E-state index in [1.807, 2.05) is 0 Å². The third-order valence-electron chi connectivity index (χ3n) is 2.48. The van der Waals surface area contributed by atoms with Gasteiger partial charge >= 0.3 is 0 Å². The lowest BCUT2D eigenvalue weighted by Crippen LogP contribution is -2.30. The molecule has 0 radical (unpaired) electrons. The Labute approximate surface area is 109 Å². The van der Waals surface area contributed by atoms with Crippen LogP contribution in [0, 0.1) is 11.6 Å². The number of nitrogens with two attached hydrogens (primary N) is 1. The quantitative estimate of drug-likeness (QED) is 0.782. The Bertz CT molecular complexity index is 588. The summed E-state index contributed by atoms with van der Waals surface area (Å²) >= 11 is 0. The number of nitrogen functional groups attached to an aromatic ring is 1. The summed E-state index contributed by atoms with van der Waals surface area (Å²) in [6, 6.07) is 1.38. The van der Waals surface area contributed by atoms with Gasteiger partial charge in [-0.1, -0.05) is 6.92 Å². The Morgan fingerprint density at radius 3 is 2.47 bits per heavy atom. The lowest BCUT2D eigenvalue weighted by Gasteiger charge is -2.08. The van der Waals surface area contributed by atoms with Crippen molar-refractivity contribution < 1.29 is 22.0 Å². The van der Waals surface area contributed by atoms with Crippen molar-refractivity contribution in [2.75, 3.05) is 23.8 Å². The summed E-state index contributed by atoms with van der Waals surface area (Å²) in [5, 5.41) is 2.29. The summed E-state index contributed by atoms with van der Waals surface area (Å²) in [6.07, 6.45) is 0. The first kappa shape index (κ1) is 15.4. The molecule has 0 aromatic heterocycles. The van der Waals surface area contributed by atoms with Crippen LogP contribution in [-0.4, -0.2) is 32.4 Å². The number of carbonyl (C=O) groups excluding carboxylic acids is 1. The van der Waals surface area contributed by atoms with E-state index in [2.05, 4.69) is 5.32 Å². The molecule has 106 valence electrons. The Kier molecular flexibility index (Phi) is 4.82. The zero-order valence-electron chi connectivity index (χ0n) is 10.2. The summed E-state index contributed by atoms with van der Waals surface area (Å²) < 4.78 is 48.2. The molecule has 0 bridgehead atoms.